The summed E-state index contributed by atoms with van der Waals surface area (Å²) in [5.41, 5.74) is 2.99. The highest BCUT2D eigenvalue weighted by Gasteiger charge is 2.21. The Hall–Kier alpha value is -0.960. The first kappa shape index (κ1) is 11.1. The third kappa shape index (κ3) is 2.49. The summed E-state index contributed by atoms with van der Waals surface area (Å²) in [4.78, 5) is 4.56. The standard InChI is InChI=1S/C14H18N2S/c1-2-7-12-11(5-1)6-3-8-13(12)16-14-15-9-4-10-17-14/h1-2,5,7,13H,3-4,6,8-10H2,(H,15,16). The highest BCUT2D eigenvalue weighted by atomic mass is 32.2. The van der Waals surface area contributed by atoms with Crippen LogP contribution in [0.15, 0.2) is 29.3 Å². The van der Waals surface area contributed by atoms with Gasteiger partial charge in [0, 0.05) is 12.3 Å². The van der Waals surface area contributed by atoms with Crippen molar-refractivity contribution in [2.24, 2.45) is 4.99 Å². The van der Waals surface area contributed by atoms with Crippen molar-refractivity contribution >= 4 is 16.9 Å². The predicted molar refractivity (Wildman–Crippen MR) is 74.6 cm³/mol. The van der Waals surface area contributed by atoms with Gasteiger partial charge in [0.15, 0.2) is 5.17 Å². The van der Waals surface area contributed by atoms with Crippen molar-refractivity contribution < 1.29 is 0 Å². The van der Waals surface area contributed by atoms with Crippen LogP contribution in [0.3, 0.4) is 0 Å². The molecule has 1 unspecified atom stereocenters. The molecule has 0 spiro atoms. The van der Waals surface area contributed by atoms with Crippen LogP contribution in [0, 0.1) is 0 Å². The van der Waals surface area contributed by atoms with E-state index in [9.17, 15) is 0 Å². The van der Waals surface area contributed by atoms with Crippen LogP contribution in [0.1, 0.15) is 36.4 Å². The van der Waals surface area contributed by atoms with Crippen LogP contribution in [-0.2, 0) is 6.42 Å². The summed E-state index contributed by atoms with van der Waals surface area (Å²) < 4.78 is 0. The molecule has 3 heteroatoms. The lowest BCUT2D eigenvalue weighted by atomic mass is 9.88. The van der Waals surface area contributed by atoms with Crippen molar-refractivity contribution in [2.45, 2.75) is 31.7 Å². The third-order valence-electron chi connectivity index (χ3n) is 3.46. The first-order valence-electron chi connectivity index (χ1n) is 6.45. The second kappa shape index (κ2) is 5.13. The van der Waals surface area contributed by atoms with E-state index in [1.54, 1.807) is 0 Å². The van der Waals surface area contributed by atoms with Crippen LogP contribution in [0.5, 0.6) is 0 Å². The molecule has 1 aliphatic heterocycles. The van der Waals surface area contributed by atoms with E-state index in [2.05, 4.69) is 34.6 Å². The second-order valence-electron chi connectivity index (χ2n) is 4.68. The molecular formula is C14H18N2S. The van der Waals surface area contributed by atoms with E-state index >= 15 is 0 Å². The molecule has 0 aromatic heterocycles. The van der Waals surface area contributed by atoms with Crippen molar-refractivity contribution in [1.82, 2.24) is 5.32 Å². The van der Waals surface area contributed by atoms with Gasteiger partial charge in [0.1, 0.15) is 0 Å². The van der Waals surface area contributed by atoms with Gasteiger partial charge in [0.05, 0.1) is 6.04 Å². The molecule has 1 aromatic carbocycles. The maximum atomic E-state index is 4.56. The molecular weight excluding hydrogens is 228 g/mol. The summed E-state index contributed by atoms with van der Waals surface area (Å²) in [6.07, 6.45) is 4.97. The highest BCUT2D eigenvalue weighted by Crippen LogP contribution is 2.30. The lowest BCUT2D eigenvalue weighted by Gasteiger charge is -2.28. The Labute approximate surface area is 107 Å². The maximum Gasteiger partial charge on any atom is 0.157 e. The molecule has 90 valence electrons. The van der Waals surface area contributed by atoms with Crippen molar-refractivity contribution in [2.75, 3.05) is 12.3 Å². The van der Waals surface area contributed by atoms with Crippen LogP contribution in [-0.4, -0.2) is 17.5 Å². The number of rotatable bonds is 1. The molecule has 2 aliphatic rings. The van der Waals surface area contributed by atoms with Crippen molar-refractivity contribution in [1.29, 1.82) is 0 Å². The fourth-order valence-electron chi connectivity index (χ4n) is 2.60. The molecule has 1 aromatic rings. The van der Waals surface area contributed by atoms with Gasteiger partial charge in [0.2, 0.25) is 0 Å². The molecule has 0 bridgehead atoms. The summed E-state index contributed by atoms with van der Waals surface area (Å²) in [6, 6.07) is 9.30. The van der Waals surface area contributed by atoms with Gasteiger partial charge in [-0.1, -0.05) is 36.0 Å². The number of fused-ring (bicyclic) bond motifs is 1. The molecule has 1 N–H and O–H groups in total. The number of thioether (sulfide) groups is 1. The van der Waals surface area contributed by atoms with E-state index < -0.39 is 0 Å². The lowest BCUT2D eigenvalue weighted by molar-refractivity contribution is 0.529. The van der Waals surface area contributed by atoms with Crippen LogP contribution in [0.2, 0.25) is 0 Å². The number of hydrogen-bond donors (Lipinski definition) is 1. The summed E-state index contributed by atoms with van der Waals surface area (Å²) in [5.74, 6) is 1.21. The van der Waals surface area contributed by atoms with Gasteiger partial charge in [-0.25, -0.2) is 0 Å². The lowest BCUT2D eigenvalue weighted by Crippen LogP contribution is -2.30. The van der Waals surface area contributed by atoms with E-state index in [0.717, 1.165) is 11.7 Å². The number of amidine groups is 1. The first-order valence-corrected chi connectivity index (χ1v) is 7.43. The molecule has 1 heterocycles. The van der Waals surface area contributed by atoms with Gasteiger partial charge < -0.3 is 5.32 Å². The minimum atomic E-state index is 0.476. The monoisotopic (exact) mass is 246 g/mol. The van der Waals surface area contributed by atoms with Crippen molar-refractivity contribution in [3.8, 4) is 0 Å². The molecule has 0 amide bonds. The predicted octanol–water partition coefficient (Wildman–Crippen LogP) is 3.15. The van der Waals surface area contributed by atoms with Gasteiger partial charge in [-0.05, 0) is 36.8 Å². The van der Waals surface area contributed by atoms with Gasteiger partial charge in [-0.2, -0.15) is 0 Å². The van der Waals surface area contributed by atoms with Gasteiger partial charge in [0.25, 0.3) is 0 Å². The average Bonchev–Trinajstić information content (AvgIpc) is 2.40. The van der Waals surface area contributed by atoms with E-state index in [-0.39, 0.29) is 0 Å². The number of hydrogen-bond acceptors (Lipinski definition) is 3. The zero-order valence-electron chi connectivity index (χ0n) is 9.98. The van der Waals surface area contributed by atoms with Gasteiger partial charge in [-0.15, -0.1) is 0 Å². The van der Waals surface area contributed by atoms with E-state index in [0.29, 0.717) is 6.04 Å². The van der Waals surface area contributed by atoms with Crippen LogP contribution >= 0.6 is 11.8 Å². The van der Waals surface area contributed by atoms with Crippen molar-refractivity contribution in [3.05, 3.63) is 35.4 Å². The van der Waals surface area contributed by atoms with E-state index in [1.807, 2.05) is 11.8 Å². The smallest absolute Gasteiger partial charge is 0.157 e. The SMILES string of the molecule is c1ccc2c(c1)CCCC2NC1=NCCCS1. The molecule has 17 heavy (non-hydrogen) atoms. The Morgan fingerprint density at radius 1 is 1.24 bits per heavy atom. The molecule has 0 fully saturated rings. The third-order valence-corrected chi connectivity index (χ3v) is 4.48. The highest BCUT2D eigenvalue weighted by molar-refractivity contribution is 8.13. The Morgan fingerprint density at radius 3 is 3.06 bits per heavy atom. The normalized spacial score (nSPS) is 23.8. The minimum Gasteiger partial charge on any atom is -0.358 e. The number of nitrogens with one attached hydrogen (secondary N) is 1. The molecule has 1 atom stereocenters. The van der Waals surface area contributed by atoms with Crippen LogP contribution in [0.25, 0.3) is 0 Å². The Kier molecular flexibility index (Phi) is 3.36. The summed E-state index contributed by atoms with van der Waals surface area (Å²) in [5, 5.41) is 4.78. The maximum absolute atomic E-state index is 4.56. The van der Waals surface area contributed by atoms with Gasteiger partial charge in [-0.3, -0.25) is 4.99 Å². The zero-order valence-corrected chi connectivity index (χ0v) is 10.8. The second-order valence-corrected chi connectivity index (χ2v) is 5.76. The largest absolute Gasteiger partial charge is 0.358 e. The van der Waals surface area contributed by atoms with E-state index in [1.165, 1.54) is 42.6 Å². The molecule has 0 radical (unpaired) electrons. The summed E-state index contributed by atoms with van der Waals surface area (Å²) in [6.45, 7) is 0.990. The number of benzene rings is 1. The first-order chi connectivity index (χ1) is 8.43. The van der Waals surface area contributed by atoms with Gasteiger partial charge >= 0.3 is 0 Å². The quantitative estimate of drug-likeness (QED) is 0.823. The van der Waals surface area contributed by atoms with Crippen molar-refractivity contribution in [3.63, 3.8) is 0 Å². The molecule has 0 saturated heterocycles. The Bertz CT molecular complexity index is 428. The number of nitrogens with zero attached hydrogens (tertiary/aromatic N) is 1. The number of aryl methyl sites for hydroxylation is 1. The summed E-state index contributed by atoms with van der Waals surface area (Å²) in [7, 11) is 0. The summed E-state index contributed by atoms with van der Waals surface area (Å²) >= 11 is 1.87. The molecule has 3 rings (SSSR count). The minimum absolute atomic E-state index is 0.476. The fourth-order valence-corrected chi connectivity index (χ4v) is 3.47. The average molecular weight is 246 g/mol. The molecule has 1 aliphatic carbocycles. The fraction of sp³-hybridized carbons (Fsp3) is 0.500. The van der Waals surface area contributed by atoms with E-state index in [4.69, 9.17) is 0 Å². The topological polar surface area (TPSA) is 24.4 Å². The zero-order chi connectivity index (χ0) is 11.5. The molecule has 0 saturated carbocycles. The molecule has 2 nitrogen and oxygen atoms in total. The number of aliphatic imine (C=N–C) groups is 1. The van der Waals surface area contributed by atoms with Crippen LogP contribution in [0.4, 0.5) is 0 Å². The van der Waals surface area contributed by atoms with Crippen LogP contribution < -0.4 is 5.32 Å². The Morgan fingerprint density at radius 2 is 2.18 bits per heavy atom. The Balaban J connectivity index is 1.78.